The number of aromatic nitrogens is 2. The van der Waals surface area contributed by atoms with Crippen LogP contribution in [0.4, 0.5) is 15.8 Å². The molecule has 0 atom stereocenters. The van der Waals surface area contributed by atoms with Crippen molar-refractivity contribution in [3.63, 3.8) is 0 Å². The van der Waals surface area contributed by atoms with E-state index >= 15 is 0 Å². The third kappa shape index (κ3) is 3.53. The average molecular weight is 359 g/mol. The number of halogens is 1. The van der Waals surface area contributed by atoms with Crippen molar-refractivity contribution in [3.8, 4) is 23.4 Å². The Labute approximate surface area is 154 Å². The summed E-state index contributed by atoms with van der Waals surface area (Å²) in [6.45, 7) is 2.04. The standard InChI is InChI=1S/C20H14FN5O/c1-2-26-20(27)19(24-16-8-6-13(11-22)7-9-16)17(12-23)18(25-26)14-4-3-5-15(21)10-14/h3-10,24H,2H2,1H3. The molecule has 0 amide bonds. The second-order valence-corrected chi connectivity index (χ2v) is 5.66. The molecule has 1 N–H and O–H groups in total. The quantitative estimate of drug-likeness (QED) is 0.769. The molecule has 0 fully saturated rings. The summed E-state index contributed by atoms with van der Waals surface area (Å²) < 4.78 is 14.9. The molecule has 7 heteroatoms. The number of benzene rings is 2. The first-order valence-electron chi connectivity index (χ1n) is 8.15. The summed E-state index contributed by atoms with van der Waals surface area (Å²) in [6, 6.07) is 16.2. The van der Waals surface area contributed by atoms with Gasteiger partial charge in [0.25, 0.3) is 5.56 Å². The van der Waals surface area contributed by atoms with Gasteiger partial charge >= 0.3 is 0 Å². The molecule has 0 unspecified atom stereocenters. The summed E-state index contributed by atoms with van der Waals surface area (Å²) in [4.78, 5) is 12.7. The Kier molecular flexibility index (Phi) is 4.96. The molecule has 3 aromatic rings. The van der Waals surface area contributed by atoms with Gasteiger partial charge in [-0.3, -0.25) is 4.79 Å². The van der Waals surface area contributed by atoms with Crippen LogP contribution in [0.3, 0.4) is 0 Å². The number of nitriles is 2. The minimum atomic E-state index is -0.464. The zero-order valence-electron chi connectivity index (χ0n) is 14.4. The van der Waals surface area contributed by atoms with Crippen LogP contribution in [0.1, 0.15) is 18.1 Å². The molecule has 0 saturated carbocycles. The van der Waals surface area contributed by atoms with E-state index in [0.29, 0.717) is 16.8 Å². The van der Waals surface area contributed by atoms with Crippen molar-refractivity contribution in [2.75, 3.05) is 5.32 Å². The zero-order chi connectivity index (χ0) is 19.4. The Balaban J connectivity index is 2.20. The molecule has 1 heterocycles. The number of hydrogen-bond acceptors (Lipinski definition) is 5. The smallest absolute Gasteiger partial charge is 0.291 e. The predicted octanol–water partition coefficient (Wildman–Crippen LogP) is 3.56. The number of nitrogens with one attached hydrogen (secondary N) is 1. The van der Waals surface area contributed by atoms with Crippen molar-refractivity contribution >= 4 is 11.4 Å². The van der Waals surface area contributed by atoms with E-state index < -0.39 is 11.4 Å². The lowest BCUT2D eigenvalue weighted by Crippen LogP contribution is -2.26. The summed E-state index contributed by atoms with van der Waals surface area (Å²) in [7, 11) is 0. The summed E-state index contributed by atoms with van der Waals surface area (Å²) in [5.41, 5.74) is 1.26. The molecule has 0 saturated heterocycles. The molecular formula is C20H14FN5O. The van der Waals surface area contributed by atoms with Crippen LogP contribution in [0.15, 0.2) is 53.3 Å². The molecule has 0 spiro atoms. The highest BCUT2D eigenvalue weighted by atomic mass is 19.1. The lowest BCUT2D eigenvalue weighted by Gasteiger charge is -2.14. The van der Waals surface area contributed by atoms with Gasteiger partial charge in [0.2, 0.25) is 0 Å². The van der Waals surface area contributed by atoms with E-state index in [0.717, 1.165) is 0 Å². The second-order valence-electron chi connectivity index (χ2n) is 5.66. The molecule has 0 aliphatic heterocycles. The van der Waals surface area contributed by atoms with Crippen LogP contribution in [-0.4, -0.2) is 9.78 Å². The van der Waals surface area contributed by atoms with Crippen LogP contribution < -0.4 is 10.9 Å². The normalized spacial score (nSPS) is 10.1. The molecular weight excluding hydrogens is 345 g/mol. The van der Waals surface area contributed by atoms with E-state index in [9.17, 15) is 14.4 Å². The van der Waals surface area contributed by atoms with Gasteiger partial charge in [-0.2, -0.15) is 15.6 Å². The number of anilines is 2. The largest absolute Gasteiger partial charge is 0.350 e. The van der Waals surface area contributed by atoms with Crippen molar-refractivity contribution in [1.82, 2.24) is 9.78 Å². The topological polar surface area (TPSA) is 94.5 Å². The third-order valence-corrected chi connectivity index (χ3v) is 3.95. The lowest BCUT2D eigenvalue weighted by molar-refractivity contribution is 0.617. The Bertz CT molecular complexity index is 1140. The van der Waals surface area contributed by atoms with Gasteiger partial charge in [-0.25, -0.2) is 9.07 Å². The minimum Gasteiger partial charge on any atom is -0.350 e. The number of nitrogens with zero attached hydrogens (tertiary/aromatic N) is 4. The fraction of sp³-hybridized carbons (Fsp3) is 0.100. The highest BCUT2D eigenvalue weighted by Crippen LogP contribution is 2.27. The van der Waals surface area contributed by atoms with Crippen molar-refractivity contribution in [3.05, 3.63) is 75.8 Å². The first-order valence-corrected chi connectivity index (χ1v) is 8.15. The maximum absolute atomic E-state index is 13.6. The summed E-state index contributed by atoms with van der Waals surface area (Å²) in [5, 5.41) is 25.7. The Hall–Kier alpha value is -3.97. The van der Waals surface area contributed by atoms with E-state index in [1.165, 1.54) is 22.9 Å². The molecule has 0 radical (unpaired) electrons. The van der Waals surface area contributed by atoms with E-state index in [-0.39, 0.29) is 23.5 Å². The van der Waals surface area contributed by atoms with Gasteiger partial charge in [0.15, 0.2) is 0 Å². The minimum absolute atomic E-state index is 0.0275. The fourth-order valence-electron chi connectivity index (χ4n) is 2.62. The lowest BCUT2D eigenvalue weighted by atomic mass is 10.1. The van der Waals surface area contributed by atoms with E-state index in [1.807, 2.05) is 12.1 Å². The molecule has 0 aliphatic rings. The average Bonchev–Trinajstić information content (AvgIpc) is 2.69. The monoisotopic (exact) mass is 359 g/mol. The summed E-state index contributed by atoms with van der Waals surface area (Å²) in [6.07, 6.45) is 0. The van der Waals surface area contributed by atoms with Gasteiger partial charge in [0, 0.05) is 17.8 Å². The highest BCUT2D eigenvalue weighted by molar-refractivity contribution is 5.76. The van der Waals surface area contributed by atoms with Gasteiger partial charge in [-0.1, -0.05) is 12.1 Å². The zero-order valence-corrected chi connectivity index (χ0v) is 14.4. The van der Waals surface area contributed by atoms with E-state index in [1.54, 1.807) is 37.3 Å². The van der Waals surface area contributed by atoms with Gasteiger partial charge in [-0.05, 0) is 43.3 Å². The molecule has 132 valence electrons. The number of rotatable bonds is 4. The maximum Gasteiger partial charge on any atom is 0.291 e. The Morgan fingerprint density at radius 1 is 1.15 bits per heavy atom. The van der Waals surface area contributed by atoms with Gasteiger partial charge in [-0.15, -0.1) is 0 Å². The van der Waals surface area contributed by atoms with Crippen molar-refractivity contribution < 1.29 is 4.39 Å². The SMILES string of the molecule is CCn1nc(-c2cccc(F)c2)c(C#N)c(Nc2ccc(C#N)cc2)c1=O. The van der Waals surface area contributed by atoms with Crippen LogP contribution in [0.5, 0.6) is 0 Å². The molecule has 1 aromatic heterocycles. The van der Waals surface area contributed by atoms with Crippen LogP contribution in [0, 0.1) is 28.5 Å². The van der Waals surface area contributed by atoms with Gasteiger partial charge in [0.05, 0.1) is 11.6 Å². The molecule has 2 aromatic carbocycles. The van der Waals surface area contributed by atoms with Crippen LogP contribution >= 0.6 is 0 Å². The van der Waals surface area contributed by atoms with Crippen molar-refractivity contribution in [2.45, 2.75) is 13.5 Å². The second kappa shape index (κ2) is 7.51. The Morgan fingerprint density at radius 3 is 2.48 bits per heavy atom. The first-order chi connectivity index (χ1) is 13.1. The van der Waals surface area contributed by atoms with Crippen LogP contribution in [0.2, 0.25) is 0 Å². The number of hydrogen-bond donors (Lipinski definition) is 1. The van der Waals surface area contributed by atoms with Crippen LogP contribution in [-0.2, 0) is 6.54 Å². The molecule has 0 aliphatic carbocycles. The van der Waals surface area contributed by atoms with Crippen molar-refractivity contribution in [1.29, 1.82) is 10.5 Å². The third-order valence-electron chi connectivity index (χ3n) is 3.95. The van der Waals surface area contributed by atoms with Crippen molar-refractivity contribution in [2.24, 2.45) is 0 Å². The molecule has 3 rings (SSSR count). The maximum atomic E-state index is 13.6. The molecule has 27 heavy (non-hydrogen) atoms. The Morgan fingerprint density at radius 2 is 1.89 bits per heavy atom. The van der Waals surface area contributed by atoms with Crippen LogP contribution in [0.25, 0.3) is 11.3 Å². The predicted molar refractivity (Wildman–Crippen MR) is 98.7 cm³/mol. The number of aryl methyl sites for hydroxylation is 1. The highest BCUT2D eigenvalue weighted by Gasteiger charge is 2.19. The summed E-state index contributed by atoms with van der Waals surface area (Å²) >= 11 is 0. The molecule has 0 bridgehead atoms. The first kappa shape index (κ1) is 17.8. The van der Waals surface area contributed by atoms with Gasteiger partial charge < -0.3 is 5.32 Å². The van der Waals surface area contributed by atoms with E-state index in [4.69, 9.17) is 5.26 Å². The van der Waals surface area contributed by atoms with Gasteiger partial charge in [0.1, 0.15) is 28.8 Å². The fourth-order valence-corrected chi connectivity index (χ4v) is 2.62. The summed E-state index contributed by atoms with van der Waals surface area (Å²) in [5.74, 6) is -0.464. The van der Waals surface area contributed by atoms with E-state index in [2.05, 4.69) is 10.4 Å². The molecule has 6 nitrogen and oxygen atoms in total.